The van der Waals surface area contributed by atoms with Crippen molar-refractivity contribution < 1.29 is 0 Å². The Hall–Kier alpha value is -1.51. The first-order chi connectivity index (χ1) is 10.0. The maximum Gasteiger partial charge on any atom is 0.193 e. The fourth-order valence-corrected chi connectivity index (χ4v) is 3.38. The van der Waals surface area contributed by atoms with Gasteiger partial charge in [-0.25, -0.2) is 0 Å². The molecular weight excluding hydrogens is 258 g/mol. The van der Waals surface area contributed by atoms with Crippen molar-refractivity contribution >= 4 is 5.96 Å². The van der Waals surface area contributed by atoms with Crippen molar-refractivity contribution in [3.63, 3.8) is 0 Å². The predicted octanol–water partition coefficient (Wildman–Crippen LogP) is 3.03. The van der Waals surface area contributed by atoms with Gasteiger partial charge in [0.1, 0.15) is 0 Å². The van der Waals surface area contributed by atoms with E-state index in [1.807, 2.05) is 7.05 Å². The van der Waals surface area contributed by atoms with Gasteiger partial charge in [0.15, 0.2) is 5.96 Å². The summed E-state index contributed by atoms with van der Waals surface area (Å²) >= 11 is 0. The fourth-order valence-electron chi connectivity index (χ4n) is 3.38. The molecule has 2 fully saturated rings. The van der Waals surface area contributed by atoms with Crippen molar-refractivity contribution in [1.29, 1.82) is 0 Å². The highest BCUT2D eigenvalue weighted by molar-refractivity contribution is 5.80. The lowest BCUT2D eigenvalue weighted by Crippen LogP contribution is -2.43. The maximum absolute atomic E-state index is 4.49. The van der Waals surface area contributed by atoms with E-state index in [1.165, 1.54) is 24.8 Å². The Labute approximate surface area is 128 Å². The molecule has 1 aliphatic heterocycles. The molecule has 0 radical (unpaired) electrons. The summed E-state index contributed by atoms with van der Waals surface area (Å²) in [5.74, 6) is 1.07. The minimum absolute atomic E-state index is 0.340. The maximum atomic E-state index is 4.49. The molecule has 21 heavy (non-hydrogen) atoms. The van der Waals surface area contributed by atoms with Gasteiger partial charge in [0.2, 0.25) is 0 Å². The Morgan fingerprint density at radius 3 is 2.43 bits per heavy atom. The predicted molar refractivity (Wildman–Crippen MR) is 88.7 cm³/mol. The molecule has 0 amide bonds. The summed E-state index contributed by atoms with van der Waals surface area (Å²) < 4.78 is 0. The molecule has 0 unspecified atom stereocenters. The van der Waals surface area contributed by atoms with Crippen LogP contribution in [0.2, 0.25) is 0 Å². The molecule has 1 aromatic rings. The molecule has 114 valence electrons. The fraction of sp³-hybridized carbons (Fsp3) is 0.611. The van der Waals surface area contributed by atoms with Gasteiger partial charge >= 0.3 is 0 Å². The summed E-state index contributed by atoms with van der Waals surface area (Å²) in [6.45, 7) is 7.90. The molecule has 1 aliphatic carbocycles. The van der Waals surface area contributed by atoms with Crippen LogP contribution in [0.3, 0.4) is 0 Å². The number of likely N-dealkylation sites (tertiary alicyclic amines) is 1. The monoisotopic (exact) mass is 285 g/mol. The van der Waals surface area contributed by atoms with Crippen LogP contribution in [-0.2, 0) is 5.41 Å². The lowest BCUT2D eigenvalue weighted by atomic mass is 9.93. The number of guanidine groups is 1. The van der Waals surface area contributed by atoms with Gasteiger partial charge < -0.3 is 10.2 Å². The van der Waals surface area contributed by atoms with Gasteiger partial charge in [0.05, 0.1) is 0 Å². The molecule has 1 aromatic carbocycles. The first kappa shape index (κ1) is 14.4. The van der Waals surface area contributed by atoms with Crippen LogP contribution < -0.4 is 5.32 Å². The molecule has 3 rings (SSSR count). The highest BCUT2D eigenvalue weighted by Crippen LogP contribution is 2.47. The molecule has 0 spiro atoms. The summed E-state index contributed by atoms with van der Waals surface area (Å²) in [7, 11) is 1.90. The minimum atomic E-state index is 0.340. The minimum Gasteiger partial charge on any atom is -0.355 e. The molecule has 1 heterocycles. The number of aliphatic imine (C=N–C) groups is 1. The van der Waals surface area contributed by atoms with Crippen LogP contribution in [0, 0.1) is 5.41 Å². The Kier molecular flexibility index (Phi) is 3.68. The molecular formula is C18H27N3. The molecule has 3 heteroatoms. The number of hydrogen-bond donors (Lipinski definition) is 1. The van der Waals surface area contributed by atoms with Crippen LogP contribution in [0.25, 0.3) is 0 Å². The Balaban J connectivity index is 1.62. The number of nitrogens with one attached hydrogen (secondary N) is 1. The van der Waals surface area contributed by atoms with Crippen molar-refractivity contribution in [1.82, 2.24) is 10.2 Å². The normalized spacial score (nSPS) is 23.2. The average molecular weight is 285 g/mol. The summed E-state index contributed by atoms with van der Waals surface area (Å²) in [5, 5.41) is 3.63. The van der Waals surface area contributed by atoms with E-state index in [0.29, 0.717) is 10.8 Å². The number of hydrogen-bond acceptors (Lipinski definition) is 1. The van der Waals surface area contributed by atoms with Crippen molar-refractivity contribution in [2.75, 3.05) is 26.7 Å². The third kappa shape index (κ3) is 3.07. The molecule has 1 saturated heterocycles. The van der Waals surface area contributed by atoms with E-state index < -0.39 is 0 Å². The van der Waals surface area contributed by atoms with E-state index in [1.54, 1.807) is 0 Å². The topological polar surface area (TPSA) is 27.6 Å². The highest BCUT2D eigenvalue weighted by Gasteiger charge is 2.44. The molecule has 0 atom stereocenters. The van der Waals surface area contributed by atoms with Gasteiger partial charge in [-0.1, -0.05) is 44.2 Å². The van der Waals surface area contributed by atoms with Crippen LogP contribution in [0.1, 0.15) is 38.7 Å². The van der Waals surface area contributed by atoms with Gasteiger partial charge in [-0.05, 0) is 30.2 Å². The quantitative estimate of drug-likeness (QED) is 0.683. The van der Waals surface area contributed by atoms with E-state index in [-0.39, 0.29) is 0 Å². The van der Waals surface area contributed by atoms with Crippen molar-refractivity contribution in [2.45, 2.75) is 38.5 Å². The third-order valence-electron chi connectivity index (χ3n) is 5.01. The second-order valence-corrected chi connectivity index (χ2v) is 7.38. The number of rotatable bonds is 3. The Morgan fingerprint density at radius 1 is 1.19 bits per heavy atom. The summed E-state index contributed by atoms with van der Waals surface area (Å²) in [6.07, 6.45) is 3.82. The molecule has 1 N–H and O–H groups in total. The van der Waals surface area contributed by atoms with E-state index in [0.717, 1.165) is 25.6 Å². The zero-order valence-corrected chi connectivity index (χ0v) is 13.5. The molecule has 0 bridgehead atoms. The first-order valence-corrected chi connectivity index (χ1v) is 8.06. The zero-order chi connectivity index (χ0) is 14.9. The van der Waals surface area contributed by atoms with Crippen LogP contribution in [-0.4, -0.2) is 37.5 Å². The van der Waals surface area contributed by atoms with Gasteiger partial charge in [-0.2, -0.15) is 0 Å². The average Bonchev–Trinajstić information content (AvgIpc) is 3.19. The van der Waals surface area contributed by atoms with Crippen LogP contribution >= 0.6 is 0 Å². The lowest BCUT2D eigenvalue weighted by molar-refractivity contribution is 0.369. The molecule has 1 saturated carbocycles. The number of nitrogens with zero attached hydrogens (tertiary/aromatic N) is 2. The summed E-state index contributed by atoms with van der Waals surface area (Å²) in [5.41, 5.74) is 2.22. The Morgan fingerprint density at radius 2 is 1.90 bits per heavy atom. The second-order valence-electron chi connectivity index (χ2n) is 7.38. The van der Waals surface area contributed by atoms with Crippen molar-refractivity contribution in [3.05, 3.63) is 35.9 Å². The van der Waals surface area contributed by atoms with E-state index in [9.17, 15) is 0 Å². The summed E-state index contributed by atoms with van der Waals surface area (Å²) in [6, 6.07) is 10.9. The second kappa shape index (κ2) is 5.36. The molecule has 3 nitrogen and oxygen atoms in total. The van der Waals surface area contributed by atoms with Crippen LogP contribution in [0.4, 0.5) is 0 Å². The SMILES string of the molecule is CN=C(NCC1(c2ccccc2)CC1)N1CCC(C)(C)C1. The van der Waals surface area contributed by atoms with E-state index >= 15 is 0 Å². The first-order valence-electron chi connectivity index (χ1n) is 8.06. The standard InChI is InChI=1S/C18H27N3/c1-17(2)11-12-21(14-17)16(19-3)20-13-18(9-10-18)15-7-5-4-6-8-15/h4-8H,9-14H2,1-3H3,(H,19,20). The summed E-state index contributed by atoms with van der Waals surface area (Å²) in [4.78, 5) is 6.90. The molecule has 0 aromatic heterocycles. The largest absolute Gasteiger partial charge is 0.355 e. The van der Waals surface area contributed by atoms with Gasteiger partial charge in [-0.15, -0.1) is 0 Å². The van der Waals surface area contributed by atoms with Gasteiger partial charge in [0.25, 0.3) is 0 Å². The van der Waals surface area contributed by atoms with E-state index in [2.05, 4.69) is 59.4 Å². The van der Waals surface area contributed by atoms with Crippen molar-refractivity contribution in [2.24, 2.45) is 10.4 Å². The van der Waals surface area contributed by atoms with Gasteiger partial charge in [-0.3, -0.25) is 4.99 Å². The van der Waals surface area contributed by atoms with Crippen LogP contribution in [0.5, 0.6) is 0 Å². The Bertz CT molecular complexity index is 515. The van der Waals surface area contributed by atoms with Gasteiger partial charge in [0, 0.05) is 32.1 Å². The smallest absolute Gasteiger partial charge is 0.193 e. The molecule has 2 aliphatic rings. The lowest BCUT2D eigenvalue weighted by Gasteiger charge is -2.26. The van der Waals surface area contributed by atoms with E-state index in [4.69, 9.17) is 0 Å². The van der Waals surface area contributed by atoms with Crippen LogP contribution in [0.15, 0.2) is 35.3 Å². The zero-order valence-electron chi connectivity index (χ0n) is 13.5. The van der Waals surface area contributed by atoms with Crippen molar-refractivity contribution in [3.8, 4) is 0 Å². The number of benzene rings is 1. The highest BCUT2D eigenvalue weighted by atomic mass is 15.3. The third-order valence-corrected chi connectivity index (χ3v) is 5.01.